The molecule has 0 amide bonds. The van der Waals surface area contributed by atoms with Crippen LogP contribution < -0.4 is 4.74 Å². The summed E-state index contributed by atoms with van der Waals surface area (Å²) < 4.78 is 5.14. The van der Waals surface area contributed by atoms with Gasteiger partial charge in [-0.2, -0.15) is 0 Å². The highest BCUT2D eigenvalue weighted by Gasteiger charge is 2.01. The van der Waals surface area contributed by atoms with Crippen molar-refractivity contribution in [3.63, 3.8) is 0 Å². The van der Waals surface area contributed by atoms with Crippen LogP contribution in [0.15, 0.2) is 47.8 Å². The molecule has 0 spiro atoms. The minimum atomic E-state index is 0.828. The van der Waals surface area contributed by atoms with E-state index in [1.54, 1.807) is 25.2 Å². The van der Waals surface area contributed by atoms with Crippen molar-refractivity contribution < 1.29 is 4.74 Å². The van der Waals surface area contributed by atoms with E-state index < -0.39 is 0 Å². The number of ether oxygens (including phenoxy) is 1. The Bertz CT molecular complexity index is 678. The molecule has 0 bridgehead atoms. The Balaban J connectivity index is 1.70. The van der Waals surface area contributed by atoms with E-state index in [1.165, 1.54) is 5.56 Å². The monoisotopic (exact) mass is 271 g/mol. The number of nitrogens with one attached hydrogen (secondary N) is 1. The highest BCUT2D eigenvalue weighted by atomic mass is 32.2. The molecule has 0 saturated heterocycles. The summed E-state index contributed by atoms with van der Waals surface area (Å²) in [7, 11) is 1.68. The molecule has 96 valence electrons. The largest absolute Gasteiger partial charge is 0.497 e. The van der Waals surface area contributed by atoms with Gasteiger partial charge in [0.05, 0.1) is 13.4 Å². The zero-order valence-electron chi connectivity index (χ0n) is 10.5. The molecule has 0 atom stereocenters. The van der Waals surface area contributed by atoms with Crippen molar-refractivity contribution in [1.29, 1.82) is 0 Å². The summed E-state index contributed by atoms with van der Waals surface area (Å²) in [5, 5.41) is 0. The summed E-state index contributed by atoms with van der Waals surface area (Å²) in [6, 6.07) is 10.2. The third-order valence-electron chi connectivity index (χ3n) is 2.81. The Kier molecular flexibility index (Phi) is 3.37. The zero-order valence-corrected chi connectivity index (χ0v) is 11.3. The molecule has 1 N–H and O–H groups in total. The zero-order chi connectivity index (χ0) is 13.1. The van der Waals surface area contributed by atoms with Crippen LogP contribution >= 0.6 is 11.8 Å². The standard InChI is InChI=1S/C14H13N3OS/c1-18-11-4-2-10(3-5-11)8-19-12-6-13-14(15-7-12)17-9-16-13/h2-7,9H,8H2,1H3,(H,15,16,17). The summed E-state index contributed by atoms with van der Waals surface area (Å²) >= 11 is 1.75. The van der Waals surface area contributed by atoms with Crippen LogP contribution in [0.3, 0.4) is 0 Å². The number of hydrogen-bond acceptors (Lipinski definition) is 4. The quantitative estimate of drug-likeness (QED) is 0.740. The van der Waals surface area contributed by atoms with E-state index in [1.807, 2.05) is 24.4 Å². The number of pyridine rings is 1. The molecular formula is C14H13N3OS. The number of H-pyrrole nitrogens is 1. The van der Waals surface area contributed by atoms with E-state index in [9.17, 15) is 0 Å². The van der Waals surface area contributed by atoms with Crippen molar-refractivity contribution >= 4 is 22.9 Å². The first-order valence-corrected chi connectivity index (χ1v) is 6.88. The summed E-state index contributed by atoms with van der Waals surface area (Å²) in [6.07, 6.45) is 3.53. The Morgan fingerprint density at radius 2 is 2.05 bits per heavy atom. The van der Waals surface area contributed by atoms with Gasteiger partial charge >= 0.3 is 0 Å². The number of rotatable bonds is 4. The van der Waals surface area contributed by atoms with Crippen LogP contribution in [-0.2, 0) is 5.75 Å². The Labute approximate surface area is 115 Å². The van der Waals surface area contributed by atoms with Crippen LogP contribution in [0.1, 0.15) is 5.56 Å². The number of imidazole rings is 1. The second-order valence-electron chi connectivity index (χ2n) is 4.08. The van der Waals surface area contributed by atoms with Crippen molar-refractivity contribution in [1.82, 2.24) is 15.0 Å². The lowest BCUT2D eigenvalue weighted by molar-refractivity contribution is 0.414. The molecule has 2 heterocycles. The van der Waals surface area contributed by atoms with Gasteiger partial charge in [-0.25, -0.2) is 9.97 Å². The fraction of sp³-hybridized carbons (Fsp3) is 0.143. The van der Waals surface area contributed by atoms with Crippen LogP contribution in [-0.4, -0.2) is 22.1 Å². The molecule has 19 heavy (non-hydrogen) atoms. The lowest BCUT2D eigenvalue weighted by Gasteiger charge is -2.03. The van der Waals surface area contributed by atoms with E-state index in [0.29, 0.717) is 0 Å². The maximum atomic E-state index is 5.14. The van der Waals surface area contributed by atoms with Gasteiger partial charge in [-0.3, -0.25) is 0 Å². The highest BCUT2D eigenvalue weighted by Crippen LogP contribution is 2.24. The van der Waals surface area contributed by atoms with E-state index in [0.717, 1.165) is 27.6 Å². The number of fused-ring (bicyclic) bond motifs is 1. The molecular weight excluding hydrogens is 258 g/mol. The molecule has 4 nitrogen and oxygen atoms in total. The van der Waals surface area contributed by atoms with Gasteiger partial charge in [-0.05, 0) is 23.8 Å². The Hall–Kier alpha value is -2.01. The second kappa shape index (κ2) is 5.32. The Morgan fingerprint density at radius 1 is 1.21 bits per heavy atom. The second-order valence-corrected chi connectivity index (χ2v) is 5.13. The molecule has 3 rings (SSSR count). The number of hydrogen-bond donors (Lipinski definition) is 1. The molecule has 0 saturated carbocycles. The first-order chi connectivity index (χ1) is 9.35. The van der Waals surface area contributed by atoms with E-state index >= 15 is 0 Å². The van der Waals surface area contributed by atoms with Crippen LogP contribution in [0.2, 0.25) is 0 Å². The van der Waals surface area contributed by atoms with E-state index in [-0.39, 0.29) is 0 Å². The van der Waals surface area contributed by atoms with E-state index in [2.05, 4.69) is 27.1 Å². The van der Waals surface area contributed by atoms with Gasteiger partial charge in [-0.15, -0.1) is 11.8 Å². The first-order valence-electron chi connectivity index (χ1n) is 5.90. The molecule has 0 radical (unpaired) electrons. The average molecular weight is 271 g/mol. The number of aromatic nitrogens is 3. The number of nitrogens with zero attached hydrogens (tertiary/aromatic N) is 2. The van der Waals surface area contributed by atoms with Crippen molar-refractivity contribution in [2.75, 3.05) is 7.11 Å². The van der Waals surface area contributed by atoms with Gasteiger partial charge in [-0.1, -0.05) is 12.1 Å². The molecule has 0 fully saturated rings. The molecule has 2 aromatic heterocycles. The van der Waals surface area contributed by atoms with Crippen molar-refractivity contribution in [3.05, 3.63) is 48.4 Å². The van der Waals surface area contributed by atoms with Crippen molar-refractivity contribution in [3.8, 4) is 5.75 Å². The minimum Gasteiger partial charge on any atom is -0.497 e. The normalized spacial score (nSPS) is 10.8. The maximum absolute atomic E-state index is 5.14. The van der Waals surface area contributed by atoms with Gasteiger partial charge in [0, 0.05) is 16.8 Å². The van der Waals surface area contributed by atoms with Crippen molar-refractivity contribution in [2.24, 2.45) is 0 Å². The van der Waals surface area contributed by atoms with Gasteiger partial charge < -0.3 is 9.72 Å². The highest BCUT2D eigenvalue weighted by molar-refractivity contribution is 7.98. The third-order valence-corrected chi connectivity index (χ3v) is 3.85. The lowest BCUT2D eigenvalue weighted by Crippen LogP contribution is -1.85. The predicted molar refractivity (Wildman–Crippen MR) is 76.4 cm³/mol. The van der Waals surface area contributed by atoms with E-state index in [4.69, 9.17) is 4.74 Å². The fourth-order valence-electron chi connectivity index (χ4n) is 1.77. The van der Waals surface area contributed by atoms with Gasteiger partial charge in [0.1, 0.15) is 11.3 Å². The summed E-state index contributed by atoms with van der Waals surface area (Å²) in [5.41, 5.74) is 2.99. The molecule has 0 aliphatic carbocycles. The molecule has 0 unspecified atom stereocenters. The molecule has 0 aliphatic rings. The number of thioether (sulfide) groups is 1. The summed E-state index contributed by atoms with van der Waals surface area (Å²) in [4.78, 5) is 12.6. The molecule has 3 aromatic rings. The number of benzene rings is 1. The summed E-state index contributed by atoms with van der Waals surface area (Å²) in [6.45, 7) is 0. The molecule has 0 aliphatic heterocycles. The molecule has 5 heteroatoms. The third kappa shape index (κ3) is 2.71. The first kappa shape index (κ1) is 12.0. The number of aromatic amines is 1. The van der Waals surface area contributed by atoms with Crippen LogP contribution in [0.5, 0.6) is 5.75 Å². The minimum absolute atomic E-state index is 0.828. The van der Waals surface area contributed by atoms with Crippen molar-refractivity contribution in [2.45, 2.75) is 10.6 Å². The smallest absolute Gasteiger partial charge is 0.157 e. The average Bonchev–Trinajstić information content (AvgIpc) is 2.93. The Morgan fingerprint density at radius 3 is 2.84 bits per heavy atom. The fourth-order valence-corrected chi connectivity index (χ4v) is 2.62. The van der Waals surface area contributed by atoms with Gasteiger partial charge in [0.15, 0.2) is 5.65 Å². The summed E-state index contributed by atoms with van der Waals surface area (Å²) in [5.74, 6) is 1.79. The predicted octanol–water partition coefficient (Wildman–Crippen LogP) is 3.26. The lowest BCUT2D eigenvalue weighted by atomic mass is 10.2. The van der Waals surface area contributed by atoms with Crippen LogP contribution in [0.4, 0.5) is 0 Å². The maximum Gasteiger partial charge on any atom is 0.157 e. The van der Waals surface area contributed by atoms with Crippen LogP contribution in [0, 0.1) is 0 Å². The van der Waals surface area contributed by atoms with Crippen LogP contribution in [0.25, 0.3) is 11.2 Å². The molecule has 1 aromatic carbocycles. The van der Waals surface area contributed by atoms with Gasteiger partial charge in [0.2, 0.25) is 0 Å². The van der Waals surface area contributed by atoms with Gasteiger partial charge in [0.25, 0.3) is 0 Å². The SMILES string of the molecule is COc1ccc(CSc2cnc3[nH]cnc3c2)cc1. The number of methoxy groups -OCH3 is 1. The topological polar surface area (TPSA) is 50.8 Å².